The molecule has 0 N–H and O–H groups in total. The van der Waals surface area contributed by atoms with Gasteiger partial charge in [-0.15, -0.1) is 11.3 Å². The molecule has 14 aromatic rings. The second kappa shape index (κ2) is 49.5. The average Bonchev–Trinajstić information content (AvgIpc) is 1.05. The van der Waals surface area contributed by atoms with Gasteiger partial charge >= 0.3 is 0 Å². The van der Waals surface area contributed by atoms with Crippen LogP contribution in [0.1, 0.15) is 328 Å². The van der Waals surface area contributed by atoms with Crippen molar-refractivity contribution in [2.75, 3.05) is 0 Å². The molecule has 0 radical (unpaired) electrons. The third-order valence-corrected chi connectivity index (χ3v) is 23.4. The maximum Gasteiger partial charge on any atom is 0.191 e. The summed E-state index contributed by atoms with van der Waals surface area (Å²) in [4.78, 5) is 2.94. The van der Waals surface area contributed by atoms with E-state index < -0.39 is 0 Å². The van der Waals surface area contributed by atoms with Gasteiger partial charge in [-0.1, -0.05) is 235 Å². The van der Waals surface area contributed by atoms with Crippen molar-refractivity contribution in [2.45, 2.75) is 280 Å². The minimum atomic E-state index is 0.451. The van der Waals surface area contributed by atoms with Gasteiger partial charge in [-0.2, -0.15) is 15.7 Å². The zero-order chi connectivity index (χ0) is 85.2. The first-order chi connectivity index (χ1) is 53.8. The molecule has 0 aliphatic carbocycles. The molecule has 0 spiro atoms. The third-order valence-electron chi connectivity index (χ3n) is 19.2. The van der Waals surface area contributed by atoms with Crippen molar-refractivity contribution in [3.05, 3.63) is 291 Å². The Hall–Kier alpha value is -8.40. The summed E-state index contributed by atoms with van der Waals surface area (Å²) in [6.45, 7) is 67.0. The molecule has 0 saturated carbocycles. The van der Waals surface area contributed by atoms with Crippen molar-refractivity contribution < 1.29 is 27.0 Å². The van der Waals surface area contributed by atoms with E-state index in [9.17, 15) is 0 Å². The standard InChI is InChI=1S/C14H16.2C13H16N.2C8H12O.2C8H12S.2C7H11NO.2C7H11NS/c1-10(2)14-11(3)8-9-12-6-4-5-7-13(12)14;1-10(2)13-8-11-6-4-5-7-12(11)9-14(13)3;1-10(2)13-12-7-5-4-6-11(12)8-9-14(13)3;1-6(2)8-5-9-4-7(8)3;1-6(2)8-7(3)4-5-9-8;1-6(2)8-5-9-4-7(8)3;1-6(2)8-7(3)4-5-9-8;1-5(2)7-6(3)4-9-8-7;1-5(2)7-6(3)4-8-9-7;1-5(2)7-6(3)4-9-8-7;1-5(2)7-6(3)4-8-9-7/h3*4-10H,1-3H3;4*4-6H,1-3H3;4*4-5H,1-3H3/q;2*+1;;;;;;;;. The minimum Gasteiger partial charge on any atom is -0.472 e. The van der Waals surface area contributed by atoms with Gasteiger partial charge in [0, 0.05) is 79.0 Å². The minimum absolute atomic E-state index is 0.451. The Balaban J connectivity index is 0.000000266. The van der Waals surface area contributed by atoms with Crippen LogP contribution in [0.4, 0.5) is 0 Å². The molecule has 0 saturated heterocycles. The van der Waals surface area contributed by atoms with E-state index in [0.29, 0.717) is 65.1 Å². The number of furan rings is 2. The molecule has 114 heavy (non-hydrogen) atoms. The van der Waals surface area contributed by atoms with E-state index in [0.717, 1.165) is 28.3 Å². The van der Waals surface area contributed by atoms with Gasteiger partial charge in [-0.3, -0.25) is 0 Å². The fourth-order valence-corrected chi connectivity index (χ4v) is 16.9. The summed E-state index contributed by atoms with van der Waals surface area (Å²) in [6.07, 6.45) is 15.0. The Morgan fingerprint density at radius 3 is 1.34 bits per heavy atom. The first-order valence-corrected chi connectivity index (χ1v) is 44.2. The topological polar surface area (TPSA) is 112 Å². The Bertz CT molecular complexity index is 4370. The van der Waals surface area contributed by atoms with Crippen LogP contribution in [-0.4, -0.2) is 19.1 Å². The molecular formula is C100H140N6O4S4+2. The Morgan fingerprint density at radius 1 is 0.395 bits per heavy atom. The van der Waals surface area contributed by atoms with Crippen molar-refractivity contribution in [1.82, 2.24) is 19.1 Å². The lowest BCUT2D eigenvalue weighted by molar-refractivity contribution is -0.678. The van der Waals surface area contributed by atoms with Gasteiger partial charge in [0.2, 0.25) is 0 Å². The normalized spacial score (nSPS) is 10.8. The molecule has 616 valence electrons. The molecule has 0 atom stereocenters. The summed E-state index contributed by atoms with van der Waals surface area (Å²) in [6, 6.07) is 38.7. The van der Waals surface area contributed by atoms with Crippen LogP contribution < -0.4 is 9.13 Å². The first kappa shape index (κ1) is 98.0. The number of hydrogen-bond donors (Lipinski definition) is 0. The highest BCUT2D eigenvalue weighted by molar-refractivity contribution is 7.10. The van der Waals surface area contributed by atoms with Gasteiger partial charge in [0.25, 0.3) is 0 Å². The van der Waals surface area contributed by atoms with Crippen LogP contribution in [0.15, 0.2) is 198 Å². The Kier molecular flexibility index (Phi) is 42.5. The lowest BCUT2D eigenvalue weighted by atomic mass is 9.92. The lowest BCUT2D eigenvalue weighted by Gasteiger charge is -2.13. The van der Waals surface area contributed by atoms with Crippen molar-refractivity contribution in [1.29, 1.82) is 0 Å². The van der Waals surface area contributed by atoms with E-state index in [2.05, 4.69) is 380 Å². The highest BCUT2D eigenvalue weighted by atomic mass is 32.1. The van der Waals surface area contributed by atoms with Gasteiger partial charge in [-0.25, -0.2) is 13.5 Å². The van der Waals surface area contributed by atoms with Crippen LogP contribution in [0.5, 0.6) is 0 Å². The average molecular weight is 1620 g/mol. The number of nitrogens with zero attached hydrogens (tertiary/aromatic N) is 6. The SMILES string of the molecule is CC(C)c1c2ccccc2cc[n+]1C.CC(C)c1cc2ccccc2c[n+]1C.Cc1ccc2ccccc2c1C(C)C.Cc1ccoc1C(C)C.Cc1ccsc1C(C)C.Cc1cnoc1C(C)C.Cc1cnsc1C(C)C.Cc1cocc1C(C)C.Cc1conc1C(C)C.Cc1cscc1C(C)C.Cc1csnc1C(C)C. The summed E-state index contributed by atoms with van der Waals surface area (Å²) in [5.41, 5.74) is 21.1. The highest BCUT2D eigenvalue weighted by Gasteiger charge is 2.17. The molecule has 10 heterocycles. The van der Waals surface area contributed by atoms with Crippen LogP contribution in [0.2, 0.25) is 0 Å². The van der Waals surface area contributed by atoms with Gasteiger partial charge in [-0.05, 0) is 244 Å². The number of pyridine rings is 2. The molecule has 0 aliphatic rings. The molecule has 0 aliphatic heterocycles. The fraction of sp³-hybridized carbons (Fsp3) is 0.440. The number of fused-ring (bicyclic) bond motifs is 3. The quantitative estimate of drug-likeness (QED) is 0.118. The number of hydrogen-bond acceptors (Lipinski definition) is 12. The molecule has 0 amide bonds. The van der Waals surface area contributed by atoms with E-state index >= 15 is 0 Å². The molecule has 0 unspecified atom stereocenters. The van der Waals surface area contributed by atoms with Crippen molar-refractivity contribution in [2.24, 2.45) is 14.1 Å². The lowest BCUT2D eigenvalue weighted by Crippen LogP contribution is -2.33. The smallest absolute Gasteiger partial charge is 0.191 e. The third kappa shape index (κ3) is 31.3. The largest absolute Gasteiger partial charge is 0.472 e. The fourth-order valence-electron chi connectivity index (χ4n) is 13.4. The monoisotopic (exact) mass is 1620 g/mol. The highest BCUT2D eigenvalue weighted by Crippen LogP contribution is 2.31. The molecule has 0 fully saturated rings. The number of aryl methyl sites for hydroxylation is 11. The Morgan fingerprint density at radius 2 is 0.982 bits per heavy atom. The van der Waals surface area contributed by atoms with Crippen LogP contribution in [-0.2, 0) is 14.1 Å². The van der Waals surface area contributed by atoms with Gasteiger partial charge in [0.05, 0.1) is 36.4 Å². The molecule has 0 bridgehead atoms. The van der Waals surface area contributed by atoms with E-state index in [-0.39, 0.29) is 0 Å². The molecule has 10 aromatic heterocycles. The van der Waals surface area contributed by atoms with E-state index in [1.807, 2.05) is 43.7 Å². The molecular weight excluding hydrogens is 1480 g/mol. The van der Waals surface area contributed by atoms with Gasteiger partial charge in [0.15, 0.2) is 23.8 Å². The van der Waals surface area contributed by atoms with Crippen LogP contribution in [0, 0.1) is 62.3 Å². The predicted molar refractivity (Wildman–Crippen MR) is 495 cm³/mol. The zero-order valence-corrected chi connectivity index (χ0v) is 78.9. The van der Waals surface area contributed by atoms with Crippen molar-refractivity contribution in [3.8, 4) is 0 Å². The maximum atomic E-state index is 5.23. The van der Waals surface area contributed by atoms with Gasteiger partial charge < -0.3 is 17.9 Å². The molecule has 14 heteroatoms. The maximum absolute atomic E-state index is 5.23. The zero-order valence-electron chi connectivity index (χ0n) is 75.6. The number of aromatic nitrogens is 6. The summed E-state index contributed by atoms with van der Waals surface area (Å²) in [7, 11) is 4.23. The molecule has 4 aromatic carbocycles. The van der Waals surface area contributed by atoms with E-state index in [4.69, 9.17) is 17.9 Å². The number of benzene rings is 4. The number of rotatable bonds is 11. The molecule has 10 nitrogen and oxygen atoms in total. The van der Waals surface area contributed by atoms with Crippen molar-refractivity contribution >= 4 is 78.1 Å². The molecule has 14 rings (SSSR count). The van der Waals surface area contributed by atoms with Gasteiger partial charge in [0.1, 0.15) is 31.9 Å². The van der Waals surface area contributed by atoms with Crippen molar-refractivity contribution in [3.63, 3.8) is 0 Å². The van der Waals surface area contributed by atoms with Crippen LogP contribution in [0.25, 0.3) is 32.3 Å². The van der Waals surface area contributed by atoms with Crippen LogP contribution in [0.3, 0.4) is 0 Å². The van der Waals surface area contributed by atoms with E-state index in [1.165, 1.54) is 115 Å². The Labute approximate surface area is 704 Å². The second-order valence-corrected chi connectivity index (χ2v) is 36.2. The summed E-state index contributed by atoms with van der Waals surface area (Å²) >= 11 is 6.80. The van der Waals surface area contributed by atoms with Crippen LogP contribution >= 0.6 is 45.7 Å². The van der Waals surface area contributed by atoms with E-state index in [1.54, 1.807) is 59.4 Å². The summed E-state index contributed by atoms with van der Waals surface area (Å²) in [5, 5.41) is 24.3. The summed E-state index contributed by atoms with van der Waals surface area (Å²) < 4.78 is 32.7. The number of thiophene rings is 2. The second-order valence-electron chi connectivity index (χ2n) is 33.0. The first-order valence-electron chi connectivity index (χ1n) is 40.8. The summed E-state index contributed by atoms with van der Waals surface area (Å²) in [5.74, 6) is 8.47. The predicted octanol–water partition coefficient (Wildman–Crippen LogP) is 31.0.